The van der Waals surface area contributed by atoms with E-state index < -0.39 is 30.0 Å². The molecule has 0 saturated carbocycles. The number of carboxylic acids is 1. The largest absolute Gasteiger partial charge is 0.480 e. The minimum absolute atomic E-state index is 0.117. The molecule has 0 spiro atoms. The van der Waals surface area contributed by atoms with Crippen LogP contribution in [0.15, 0.2) is 0 Å². The second kappa shape index (κ2) is 6.23. The van der Waals surface area contributed by atoms with Crippen LogP contribution in [0.2, 0.25) is 0 Å². The van der Waals surface area contributed by atoms with Gasteiger partial charge in [0.25, 0.3) is 0 Å². The number of hydrogen-bond donors (Lipinski definition) is 3. The molecule has 18 heavy (non-hydrogen) atoms. The topological polar surface area (TPSA) is 113 Å². The Morgan fingerprint density at radius 1 is 1.33 bits per heavy atom. The first kappa shape index (κ1) is 16.2. The van der Waals surface area contributed by atoms with Gasteiger partial charge in [-0.15, -0.1) is 0 Å². The molecule has 7 nitrogen and oxygen atoms in total. The minimum Gasteiger partial charge on any atom is -0.480 e. The van der Waals surface area contributed by atoms with E-state index in [0.717, 1.165) is 4.90 Å². The van der Waals surface area contributed by atoms with Gasteiger partial charge in [-0.3, -0.25) is 9.59 Å². The van der Waals surface area contributed by atoms with Gasteiger partial charge in [-0.25, -0.2) is 4.79 Å². The van der Waals surface area contributed by atoms with E-state index in [-0.39, 0.29) is 12.5 Å². The molecule has 0 heterocycles. The summed E-state index contributed by atoms with van der Waals surface area (Å²) in [6, 6.07) is -0.616. The third-order valence-electron chi connectivity index (χ3n) is 2.23. The summed E-state index contributed by atoms with van der Waals surface area (Å²) >= 11 is 0. The number of carbonyl (C=O) groups excluding carboxylic acids is 2. The van der Waals surface area contributed by atoms with Gasteiger partial charge in [0.2, 0.25) is 5.91 Å². The van der Waals surface area contributed by atoms with Crippen LogP contribution >= 0.6 is 0 Å². The van der Waals surface area contributed by atoms with Gasteiger partial charge < -0.3 is 21.1 Å². The van der Waals surface area contributed by atoms with Gasteiger partial charge in [0.1, 0.15) is 12.1 Å². The average molecular weight is 259 g/mol. The summed E-state index contributed by atoms with van der Waals surface area (Å²) < 4.78 is 0. The molecule has 0 aliphatic carbocycles. The zero-order valence-corrected chi connectivity index (χ0v) is 11.2. The Morgan fingerprint density at radius 3 is 2.17 bits per heavy atom. The number of urea groups is 1. The highest BCUT2D eigenvalue weighted by atomic mass is 16.4. The maximum atomic E-state index is 11.9. The molecular weight excluding hydrogens is 238 g/mol. The van der Waals surface area contributed by atoms with Crippen molar-refractivity contribution in [3.63, 3.8) is 0 Å². The van der Waals surface area contributed by atoms with Crippen molar-refractivity contribution in [3.8, 4) is 0 Å². The number of aliphatic carboxylic acids is 1. The van der Waals surface area contributed by atoms with Crippen molar-refractivity contribution in [3.05, 3.63) is 0 Å². The van der Waals surface area contributed by atoms with Crippen molar-refractivity contribution in [1.82, 2.24) is 10.2 Å². The van der Waals surface area contributed by atoms with E-state index in [9.17, 15) is 14.4 Å². The Morgan fingerprint density at radius 2 is 1.83 bits per heavy atom. The Balaban J connectivity index is 4.75. The van der Waals surface area contributed by atoms with Gasteiger partial charge in [0.15, 0.2) is 0 Å². The van der Waals surface area contributed by atoms with Gasteiger partial charge in [0.05, 0.1) is 0 Å². The number of hydrogen-bond acceptors (Lipinski definition) is 3. The molecule has 4 N–H and O–H groups in total. The third-order valence-corrected chi connectivity index (χ3v) is 2.23. The summed E-state index contributed by atoms with van der Waals surface area (Å²) in [5, 5.41) is 11.2. The van der Waals surface area contributed by atoms with Gasteiger partial charge in [-0.2, -0.15) is 0 Å². The van der Waals surface area contributed by atoms with Gasteiger partial charge in [-0.1, -0.05) is 13.8 Å². The van der Waals surface area contributed by atoms with Crippen LogP contribution in [0.25, 0.3) is 0 Å². The van der Waals surface area contributed by atoms with E-state index in [1.165, 1.54) is 13.8 Å². The summed E-state index contributed by atoms with van der Waals surface area (Å²) in [6.45, 7) is 6.51. The van der Waals surface area contributed by atoms with Crippen LogP contribution in [0, 0.1) is 5.92 Å². The fraction of sp³-hybridized carbons (Fsp3) is 0.727. The van der Waals surface area contributed by atoms with Crippen LogP contribution in [0.1, 0.15) is 27.7 Å². The van der Waals surface area contributed by atoms with Crippen LogP contribution in [0.3, 0.4) is 0 Å². The number of rotatable bonds is 6. The molecule has 0 rings (SSSR count). The van der Waals surface area contributed by atoms with Crippen molar-refractivity contribution in [2.45, 2.75) is 33.2 Å². The number of nitrogens with two attached hydrogens (primary N) is 1. The molecule has 0 aromatic rings. The first-order valence-electron chi connectivity index (χ1n) is 5.65. The van der Waals surface area contributed by atoms with Crippen molar-refractivity contribution < 1.29 is 19.5 Å². The van der Waals surface area contributed by atoms with E-state index in [2.05, 4.69) is 5.32 Å². The molecular formula is C11H21N3O4. The molecule has 7 heteroatoms. The van der Waals surface area contributed by atoms with E-state index in [0.29, 0.717) is 0 Å². The SMILES string of the molecule is CC(C)CN(CC(=O)O)C(=O)NC(C)(C)C(N)=O. The summed E-state index contributed by atoms with van der Waals surface area (Å²) in [5.41, 5.74) is 3.92. The molecule has 0 bridgehead atoms. The normalized spacial score (nSPS) is 11.2. The van der Waals surface area contributed by atoms with Crippen LogP contribution in [0.4, 0.5) is 4.79 Å². The third kappa shape index (κ3) is 5.51. The Bertz CT molecular complexity index is 339. The molecule has 104 valence electrons. The molecule has 0 aliphatic heterocycles. The van der Waals surface area contributed by atoms with E-state index in [4.69, 9.17) is 10.8 Å². The zero-order chi connectivity index (χ0) is 14.5. The Labute approximate surface area is 106 Å². The molecule has 3 amide bonds. The number of amides is 3. The molecule has 0 fully saturated rings. The average Bonchev–Trinajstić information content (AvgIpc) is 2.13. The van der Waals surface area contributed by atoms with E-state index in [1.807, 2.05) is 13.8 Å². The Hall–Kier alpha value is -1.79. The highest BCUT2D eigenvalue weighted by molar-refractivity contribution is 5.89. The summed E-state index contributed by atoms with van der Waals surface area (Å²) in [5.74, 6) is -1.68. The predicted molar refractivity (Wildman–Crippen MR) is 65.9 cm³/mol. The number of nitrogens with one attached hydrogen (secondary N) is 1. The standard InChI is InChI=1S/C11H21N3O4/c1-7(2)5-14(6-8(15)16)10(18)13-11(3,4)9(12)17/h7H,5-6H2,1-4H3,(H2,12,17)(H,13,18)(H,15,16). The molecule has 0 aromatic heterocycles. The van der Waals surface area contributed by atoms with Crippen molar-refractivity contribution in [2.75, 3.05) is 13.1 Å². The fourth-order valence-corrected chi connectivity index (χ4v) is 1.23. The summed E-state index contributed by atoms with van der Waals surface area (Å²) in [4.78, 5) is 34.8. The molecule has 0 radical (unpaired) electrons. The maximum Gasteiger partial charge on any atom is 0.323 e. The van der Waals surface area contributed by atoms with Crippen LogP contribution in [-0.2, 0) is 9.59 Å². The highest BCUT2D eigenvalue weighted by Crippen LogP contribution is 2.05. The lowest BCUT2D eigenvalue weighted by Crippen LogP contribution is -2.57. The first-order valence-corrected chi connectivity index (χ1v) is 5.65. The number of nitrogens with zero attached hydrogens (tertiary/aromatic N) is 1. The zero-order valence-electron chi connectivity index (χ0n) is 11.2. The second-order valence-corrected chi connectivity index (χ2v) is 5.09. The lowest BCUT2D eigenvalue weighted by Gasteiger charge is -2.28. The summed E-state index contributed by atoms with van der Waals surface area (Å²) in [7, 11) is 0. The van der Waals surface area contributed by atoms with E-state index >= 15 is 0 Å². The number of primary amides is 1. The quantitative estimate of drug-likeness (QED) is 0.623. The smallest absolute Gasteiger partial charge is 0.323 e. The minimum atomic E-state index is -1.22. The molecule has 0 atom stereocenters. The van der Waals surface area contributed by atoms with Crippen molar-refractivity contribution >= 4 is 17.9 Å². The van der Waals surface area contributed by atoms with Crippen LogP contribution < -0.4 is 11.1 Å². The molecule has 0 unspecified atom stereocenters. The molecule has 0 aromatic carbocycles. The van der Waals surface area contributed by atoms with Crippen LogP contribution in [-0.4, -0.2) is 46.5 Å². The van der Waals surface area contributed by atoms with Crippen molar-refractivity contribution in [2.24, 2.45) is 11.7 Å². The van der Waals surface area contributed by atoms with Gasteiger partial charge in [-0.05, 0) is 19.8 Å². The first-order chi connectivity index (χ1) is 8.06. The maximum absolute atomic E-state index is 11.9. The van der Waals surface area contributed by atoms with Gasteiger partial charge in [0, 0.05) is 6.54 Å². The van der Waals surface area contributed by atoms with Crippen molar-refractivity contribution in [1.29, 1.82) is 0 Å². The molecule has 0 saturated heterocycles. The second-order valence-electron chi connectivity index (χ2n) is 5.09. The summed E-state index contributed by atoms with van der Waals surface area (Å²) in [6.07, 6.45) is 0. The monoisotopic (exact) mass is 259 g/mol. The lowest BCUT2D eigenvalue weighted by molar-refractivity contribution is -0.137. The highest BCUT2D eigenvalue weighted by Gasteiger charge is 2.29. The van der Waals surface area contributed by atoms with E-state index in [1.54, 1.807) is 0 Å². The van der Waals surface area contributed by atoms with Crippen LogP contribution in [0.5, 0.6) is 0 Å². The lowest BCUT2D eigenvalue weighted by atomic mass is 10.1. The van der Waals surface area contributed by atoms with Gasteiger partial charge >= 0.3 is 12.0 Å². The number of carbonyl (C=O) groups is 3. The number of carboxylic acid groups (broad SMARTS) is 1. The molecule has 0 aliphatic rings. The fourth-order valence-electron chi connectivity index (χ4n) is 1.23. The Kier molecular flexibility index (Phi) is 5.61. The predicted octanol–water partition coefficient (Wildman–Crippen LogP) is 0.00250.